The van der Waals surface area contributed by atoms with Crippen molar-refractivity contribution < 1.29 is 9.53 Å². The van der Waals surface area contributed by atoms with Gasteiger partial charge < -0.3 is 15.0 Å². The number of likely N-dealkylation sites (tertiary alicyclic amines) is 1. The van der Waals surface area contributed by atoms with Gasteiger partial charge in [0, 0.05) is 25.7 Å². The quantitative estimate of drug-likeness (QED) is 0.783. The maximum atomic E-state index is 12.2. The molecular formula is C13H24N2O2. The van der Waals surface area contributed by atoms with E-state index in [9.17, 15) is 4.79 Å². The van der Waals surface area contributed by atoms with E-state index < -0.39 is 0 Å². The molecule has 0 bridgehead atoms. The van der Waals surface area contributed by atoms with E-state index in [0.29, 0.717) is 12.5 Å². The summed E-state index contributed by atoms with van der Waals surface area (Å²) in [6, 6.07) is 0.391. The van der Waals surface area contributed by atoms with Crippen LogP contribution in [0.5, 0.6) is 0 Å². The number of piperidine rings is 1. The van der Waals surface area contributed by atoms with Crippen LogP contribution >= 0.6 is 0 Å². The molecule has 4 nitrogen and oxygen atoms in total. The Balaban J connectivity index is 1.82. The Labute approximate surface area is 104 Å². The summed E-state index contributed by atoms with van der Waals surface area (Å²) in [5.74, 6) is 1.01. The Morgan fingerprint density at radius 1 is 1.47 bits per heavy atom. The van der Waals surface area contributed by atoms with E-state index in [1.54, 1.807) is 0 Å². The largest absolute Gasteiger partial charge is 0.375 e. The van der Waals surface area contributed by atoms with E-state index in [1.807, 2.05) is 4.90 Å². The maximum absolute atomic E-state index is 12.2. The Morgan fingerprint density at radius 2 is 2.29 bits per heavy atom. The summed E-state index contributed by atoms with van der Waals surface area (Å²) in [6.45, 7) is 7.79. The lowest BCUT2D eigenvalue weighted by molar-refractivity contribution is -0.138. The Bertz CT molecular complexity index is 264. The molecule has 2 heterocycles. The van der Waals surface area contributed by atoms with Crippen molar-refractivity contribution in [2.24, 2.45) is 5.92 Å². The van der Waals surface area contributed by atoms with Gasteiger partial charge in [-0.05, 0) is 25.7 Å². The number of carbonyl (C=O) groups excluding carboxylic acids is 1. The number of nitrogens with zero attached hydrogens (tertiary/aromatic N) is 1. The fourth-order valence-corrected chi connectivity index (χ4v) is 2.84. The summed E-state index contributed by atoms with van der Waals surface area (Å²) in [7, 11) is 0. The third kappa shape index (κ3) is 3.42. The molecule has 98 valence electrons. The topological polar surface area (TPSA) is 41.6 Å². The molecule has 0 spiro atoms. The molecule has 2 aliphatic heterocycles. The first kappa shape index (κ1) is 12.8. The number of ether oxygens (including phenoxy) is 1. The monoisotopic (exact) mass is 240 g/mol. The minimum Gasteiger partial charge on any atom is -0.375 e. The molecular weight excluding hydrogens is 216 g/mol. The standard InChI is InChI=1S/C13H24N2O2/c1-10-3-5-15(11(2)7-10)13(16)8-12-9-14-4-6-17-12/h10-12,14H,3-9H2,1-2H3/t10-,11+,12-/m1/s1. The van der Waals surface area contributed by atoms with Gasteiger partial charge >= 0.3 is 0 Å². The number of morpholine rings is 1. The van der Waals surface area contributed by atoms with Crippen molar-refractivity contribution in [3.63, 3.8) is 0 Å². The highest BCUT2D eigenvalue weighted by atomic mass is 16.5. The van der Waals surface area contributed by atoms with Crippen molar-refractivity contribution in [3.05, 3.63) is 0 Å². The highest BCUT2D eigenvalue weighted by molar-refractivity contribution is 5.77. The molecule has 2 saturated heterocycles. The van der Waals surface area contributed by atoms with E-state index in [0.717, 1.165) is 45.0 Å². The Kier molecular flexibility index (Phi) is 4.40. The van der Waals surface area contributed by atoms with Crippen molar-refractivity contribution in [1.82, 2.24) is 10.2 Å². The van der Waals surface area contributed by atoms with E-state index in [-0.39, 0.29) is 12.0 Å². The van der Waals surface area contributed by atoms with Crippen LogP contribution in [0.3, 0.4) is 0 Å². The van der Waals surface area contributed by atoms with Crippen molar-refractivity contribution in [2.75, 3.05) is 26.2 Å². The predicted octanol–water partition coefficient (Wildman–Crippen LogP) is 1.01. The number of nitrogens with one attached hydrogen (secondary N) is 1. The molecule has 0 aromatic carbocycles. The molecule has 2 rings (SSSR count). The molecule has 4 heteroatoms. The molecule has 2 aliphatic rings. The van der Waals surface area contributed by atoms with Crippen LogP contribution in [0, 0.1) is 5.92 Å². The average Bonchev–Trinajstić information content (AvgIpc) is 2.30. The van der Waals surface area contributed by atoms with Gasteiger partial charge in [0.05, 0.1) is 19.1 Å². The van der Waals surface area contributed by atoms with E-state index in [1.165, 1.54) is 0 Å². The maximum Gasteiger partial charge on any atom is 0.225 e. The van der Waals surface area contributed by atoms with Gasteiger partial charge in [0.2, 0.25) is 5.91 Å². The van der Waals surface area contributed by atoms with Gasteiger partial charge in [0.15, 0.2) is 0 Å². The van der Waals surface area contributed by atoms with Crippen molar-refractivity contribution >= 4 is 5.91 Å². The summed E-state index contributed by atoms with van der Waals surface area (Å²) in [5, 5.41) is 3.27. The lowest BCUT2D eigenvalue weighted by atomic mass is 9.93. The third-order valence-electron chi connectivity index (χ3n) is 3.87. The van der Waals surface area contributed by atoms with Gasteiger partial charge in [-0.2, -0.15) is 0 Å². The lowest BCUT2D eigenvalue weighted by Crippen LogP contribution is -2.47. The number of rotatable bonds is 2. The zero-order valence-electron chi connectivity index (χ0n) is 10.9. The number of carbonyl (C=O) groups is 1. The van der Waals surface area contributed by atoms with Gasteiger partial charge in [-0.15, -0.1) is 0 Å². The second kappa shape index (κ2) is 5.83. The molecule has 0 unspecified atom stereocenters. The van der Waals surface area contributed by atoms with E-state index in [4.69, 9.17) is 4.74 Å². The van der Waals surface area contributed by atoms with Crippen LogP contribution in [-0.4, -0.2) is 49.2 Å². The van der Waals surface area contributed by atoms with Crippen LogP contribution in [0.1, 0.15) is 33.1 Å². The number of amides is 1. The first-order valence-electron chi connectivity index (χ1n) is 6.78. The molecule has 1 N–H and O–H groups in total. The summed E-state index contributed by atoms with van der Waals surface area (Å²) in [6.07, 6.45) is 2.88. The summed E-state index contributed by atoms with van der Waals surface area (Å²) in [5.41, 5.74) is 0. The zero-order chi connectivity index (χ0) is 12.3. The van der Waals surface area contributed by atoms with E-state index >= 15 is 0 Å². The molecule has 0 aromatic rings. The van der Waals surface area contributed by atoms with Crippen LogP contribution in [0.25, 0.3) is 0 Å². The van der Waals surface area contributed by atoms with Crippen LogP contribution in [0.2, 0.25) is 0 Å². The second-order valence-electron chi connectivity index (χ2n) is 5.47. The summed E-state index contributed by atoms with van der Waals surface area (Å²) < 4.78 is 5.59. The highest BCUT2D eigenvalue weighted by Crippen LogP contribution is 2.23. The fourth-order valence-electron chi connectivity index (χ4n) is 2.84. The molecule has 0 aromatic heterocycles. The smallest absolute Gasteiger partial charge is 0.225 e. The molecule has 0 saturated carbocycles. The second-order valence-corrected chi connectivity index (χ2v) is 5.47. The number of hydrogen-bond acceptors (Lipinski definition) is 3. The predicted molar refractivity (Wildman–Crippen MR) is 66.8 cm³/mol. The first-order valence-corrected chi connectivity index (χ1v) is 6.78. The average molecular weight is 240 g/mol. The van der Waals surface area contributed by atoms with Gasteiger partial charge in [0.25, 0.3) is 0 Å². The Hall–Kier alpha value is -0.610. The zero-order valence-corrected chi connectivity index (χ0v) is 10.9. The van der Waals surface area contributed by atoms with Crippen molar-refractivity contribution in [3.8, 4) is 0 Å². The first-order chi connectivity index (χ1) is 8.16. The molecule has 0 aliphatic carbocycles. The minimum atomic E-state index is 0.0720. The van der Waals surface area contributed by atoms with Crippen molar-refractivity contribution in [2.45, 2.75) is 45.3 Å². The molecule has 0 radical (unpaired) electrons. The highest BCUT2D eigenvalue weighted by Gasteiger charge is 2.28. The molecule has 1 amide bonds. The summed E-state index contributed by atoms with van der Waals surface area (Å²) in [4.78, 5) is 14.2. The van der Waals surface area contributed by atoms with Crippen LogP contribution in [0.15, 0.2) is 0 Å². The SMILES string of the molecule is C[C@@H]1CCN(C(=O)C[C@@H]2CNCCO2)[C@@H](C)C1. The third-order valence-corrected chi connectivity index (χ3v) is 3.87. The normalized spacial score (nSPS) is 34.7. The molecule has 17 heavy (non-hydrogen) atoms. The lowest BCUT2D eigenvalue weighted by Gasteiger charge is -2.37. The minimum absolute atomic E-state index is 0.0720. The molecule has 2 fully saturated rings. The van der Waals surface area contributed by atoms with Gasteiger partial charge in [0.1, 0.15) is 0 Å². The van der Waals surface area contributed by atoms with E-state index in [2.05, 4.69) is 19.2 Å². The Morgan fingerprint density at radius 3 is 2.94 bits per heavy atom. The fraction of sp³-hybridized carbons (Fsp3) is 0.923. The van der Waals surface area contributed by atoms with Gasteiger partial charge in [-0.1, -0.05) is 6.92 Å². The number of hydrogen-bond donors (Lipinski definition) is 1. The van der Waals surface area contributed by atoms with Gasteiger partial charge in [-0.25, -0.2) is 0 Å². The van der Waals surface area contributed by atoms with Crippen LogP contribution in [0.4, 0.5) is 0 Å². The molecule has 3 atom stereocenters. The van der Waals surface area contributed by atoms with Crippen molar-refractivity contribution in [1.29, 1.82) is 0 Å². The van der Waals surface area contributed by atoms with Crippen LogP contribution in [-0.2, 0) is 9.53 Å². The summed E-state index contributed by atoms with van der Waals surface area (Å²) >= 11 is 0. The van der Waals surface area contributed by atoms with Crippen LogP contribution < -0.4 is 5.32 Å². The van der Waals surface area contributed by atoms with Gasteiger partial charge in [-0.3, -0.25) is 4.79 Å².